The highest BCUT2D eigenvalue weighted by atomic mass is 16.5. The molecule has 1 aliphatic rings. The molecule has 1 aromatic carbocycles. The van der Waals surface area contributed by atoms with Crippen molar-refractivity contribution >= 4 is 11.6 Å². The zero-order chi connectivity index (χ0) is 14.8. The first-order chi connectivity index (χ1) is 9.44. The van der Waals surface area contributed by atoms with Crippen LogP contribution in [0.5, 0.6) is 5.75 Å². The Labute approximate surface area is 120 Å². The molecule has 0 atom stereocenters. The lowest BCUT2D eigenvalue weighted by Gasteiger charge is -2.50. The van der Waals surface area contributed by atoms with Gasteiger partial charge in [-0.05, 0) is 18.1 Å². The number of para-hydroxylation sites is 2. The molecule has 1 aliphatic heterocycles. The molecule has 5 nitrogen and oxygen atoms in total. The molecule has 0 unspecified atom stereocenters. The average Bonchev–Trinajstić information content (AvgIpc) is 2.37. The van der Waals surface area contributed by atoms with Crippen LogP contribution in [0.15, 0.2) is 24.3 Å². The van der Waals surface area contributed by atoms with E-state index < -0.39 is 0 Å². The van der Waals surface area contributed by atoms with Crippen LogP contribution >= 0.6 is 0 Å². The lowest BCUT2D eigenvalue weighted by Crippen LogP contribution is -2.70. The average molecular weight is 277 g/mol. The summed E-state index contributed by atoms with van der Waals surface area (Å²) in [6.07, 6.45) is 0. The van der Waals surface area contributed by atoms with Crippen LogP contribution in [0.2, 0.25) is 0 Å². The third-order valence-corrected chi connectivity index (χ3v) is 3.93. The number of carbonyl (C=O) groups is 1. The van der Waals surface area contributed by atoms with Crippen molar-refractivity contribution in [2.24, 2.45) is 11.7 Å². The molecule has 0 aliphatic carbocycles. The maximum Gasteiger partial charge on any atom is 0.238 e. The Balaban J connectivity index is 1.85. The highest BCUT2D eigenvalue weighted by molar-refractivity contribution is 5.93. The molecule has 1 amide bonds. The number of carbonyl (C=O) groups excluding carboxylic acids is 1. The monoisotopic (exact) mass is 277 g/mol. The molecule has 1 saturated heterocycles. The highest BCUT2D eigenvalue weighted by Gasteiger charge is 2.42. The van der Waals surface area contributed by atoms with Crippen LogP contribution in [0.3, 0.4) is 0 Å². The van der Waals surface area contributed by atoms with E-state index in [4.69, 9.17) is 10.5 Å². The zero-order valence-corrected chi connectivity index (χ0v) is 12.3. The first kappa shape index (κ1) is 14.8. The SMILES string of the molecule is COc1ccccc1NC(=O)CN1CC(N)(C(C)C)C1. The molecule has 0 spiro atoms. The first-order valence-electron chi connectivity index (χ1n) is 6.89. The first-order valence-corrected chi connectivity index (χ1v) is 6.89. The van der Waals surface area contributed by atoms with Crippen molar-refractivity contribution in [3.8, 4) is 5.75 Å². The number of nitrogens with two attached hydrogens (primary N) is 1. The molecule has 1 fully saturated rings. The Bertz CT molecular complexity index is 482. The summed E-state index contributed by atoms with van der Waals surface area (Å²) in [6.45, 7) is 6.14. The van der Waals surface area contributed by atoms with E-state index in [0.717, 1.165) is 13.1 Å². The normalized spacial score (nSPS) is 17.6. The number of benzene rings is 1. The van der Waals surface area contributed by atoms with Crippen LogP contribution in [0.25, 0.3) is 0 Å². The second-order valence-electron chi connectivity index (χ2n) is 5.78. The van der Waals surface area contributed by atoms with E-state index in [2.05, 4.69) is 24.1 Å². The van der Waals surface area contributed by atoms with Gasteiger partial charge in [0.2, 0.25) is 5.91 Å². The molecule has 20 heavy (non-hydrogen) atoms. The summed E-state index contributed by atoms with van der Waals surface area (Å²) >= 11 is 0. The van der Waals surface area contributed by atoms with Gasteiger partial charge in [0.15, 0.2) is 0 Å². The van der Waals surface area contributed by atoms with Crippen molar-refractivity contribution in [1.82, 2.24) is 4.90 Å². The molecule has 0 radical (unpaired) electrons. The summed E-state index contributed by atoms with van der Waals surface area (Å²) in [5.74, 6) is 1.05. The van der Waals surface area contributed by atoms with Gasteiger partial charge < -0.3 is 15.8 Å². The predicted molar refractivity (Wildman–Crippen MR) is 79.8 cm³/mol. The van der Waals surface area contributed by atoms with E-state index in [1.54, 1.807) is 7.11 Å². The van der Waals surface area contributed by atoms with Crippen molar-refractivity contribution in [2.75, 3.05) is 32.1 Å². The molecule has 2 rings (SSSR count). The molecule has 1 heterocycles. The minimum Gasteiger partial charge on any atom is -0.495 e. The van der Waals surface area contributed by atoms with Gasteiger partial charge in [0.05, 0.1) is 19.3 Å². The number of methoxy groups -OCH3 is 1. The van der Waals surface area contributed by atoms with Crippen molar-refractivity contribution in [1.29, 1.82) is 0 Å². The molecule has 0 bridgehead atoms. The van der Waals surface area contributed by atoms with Gasteiger partial charge >= 0.3 is 0 Å². The van der Waals surface area contributed by atoms with E-state index >= 15 is 0 Å². The van der Waals surface area contributed by atoms with E-state index in [1.807, 2.05) is 24.3 Å². The third kappa shape index (κ3) is 3.11. The topological polar surface area (TPSA) is 67.6 Å². The number of amides is 1. The summed E-state index contributed by atoms with van der Waals surface area (Å²) in [6, 6.07) is 7.39. The molecule has 0 saturated carbocycles. The maximum absolute atomic E-state index is 12.0. The van der Waals surface area contributed by atoms with E-state index in [0.29, 0.717) is 23.9 Å². The Morgan fingerprint density at radius 3 is 2.70 bits per heavy atom. The van der Waals surface area contributed by atoms with Crippen molar-refractivity contribution in [3.63, 3.8) is 0 Å². The number of likely N-dealkylation sites (tertiary alicyclic amines) is 1. The number of anilines is 1. The number of ether oxygens (including phenoxy) is 1. The Kier molecular flexibility index (Phi) is 4.30. The van der Waals surface area contributed by atoms with E-state index in [9.17, 15) is 4.79 Å². The lowest BCUT2D eigenvalue weighted by molar-refractivity contribution is -0.119. The van der Waals surface area contributed by atoms with E-state index in [-0.39, 0.29) is 11.4 Å². The van der Waals surface area contributed by atoms with Crippen molar-refractivity contribution in [2.45, 2.75) is 19.4 Å². The van der Waals surface area contributed by atoms with Crippen LogP contribution in [0, 0.1) is 5.92 Å². The second-order valence-corrected chi connectivity index (χ2v) is 5.78. The van der Waals surface area contributed by atoms with Crippen LogP contribution in [0.4, 0.5) is 5.69 Å². The largest absolute Gasteiger partial charge is 0.495 e. The predicted octanol–water partition coefficient (Wildman–Crippen LogP) is 1.30. The maximum atomic E-state index is 12.0. The standard InChI is InChI=1S/C15H23N3O2/c1-11(2)15(16)9-18(10-15)8-14(19)17-12-6-4-5-7-13(12)20-3/h4-7,11H,8-10,16H2,1-3H3,(H,17,19). The molecule has 0 aromatic heterocycles. The van der Waals surface area contributed by atoms with Crippen LogP contribution in [-0.2, 0) is 4.79 Å². The number of hydrogen-bond donors (Lipinski definition) is 2. The highest BCUT2D eigenvalue weighted by Crippen LogP contribution is 2.26. The molecular formula is C15H23N3O2. The Hall–Kier alpha value is -1.59. The smallest absolute Gasteiger partial charge is 0.238 e. The summed E-state index contributed by atoms with van der Waals surface area (Å²) < 4.78 is 5.21. The molecule has 3 N–H and O–H groups in total. The summed E-state index contributed by atoms with van der Waals surface area (Å²) in [5, 5.41) is 2.87. The van der Waals surface area contributed by atoms with Gasteiger partial charge in [0.25, 0.3) is 0 Å². The van der Waals surface area contributed by atoms with Gasteiger partial charge in [0.1, 0.15) is 5.75 Å². The number of nitrogens with zero attached hydrogens (tertiary/aromatic N) is 1. The summed E-state index contributed by atoms with van der Waals surface area (Å²) in [5.41, 5.74) is 6.77. The van der Waals surface area contributed by atoms with Gasteiger partial charge in [-0.25, -0.2) is 0 Å². The number of hydrogen-bond acceptors (Lipinski definition) is 4. The lowest BCUT2D eigenvalue weighted by atomic mass is 9.80. The molecule has 5 heteroatoms. The minimum absolute atomic E-state index is 0.0414. The zero-order valence-electron chi connectivity index (χ0n) is 12.3. The van der Waals surface area contributed by atoms with Crippen molar-refractivity contribution < 1.29 is 9.53 Å². The molecule has 1 aromatic rings. The summed E-state index contributed by atoms with van der Waals surface area (Å²) in [4.78, 5) is 14.1. The second kappa shape index (κ2) is 5.81. The van der Waals surface area contributed by atoms with Gasteiger partial charge in [-0.15, -0.1) is 0 Å². The Morgan fingerprint density at radius 1 is 1.45 bits per heavy atom. The van der Waals surface area contributed by atoms with E-state index in [1.165, 1.54) is 0 Å². The van der Waals surface area contributed by atoms with Crippen LogP contribution in [-0.4, -0.2) is 43.1 Å². The number of rotatable bonds is 5. The fourth-order valence-electron chi connectivity index (χ4n) is 2.40. The van der Waals surface area contributed by atoms with Gasteiger partial charge in [0, 0.05) is 18.6 Å². The summed E-state index contributed by atoms with van der Waals surface area (Å²) in [7, 11) is 1.59. The fraction of sp³-hybridized carbons (Fsp3) is 0.533. The van der Waals surface area contributed by atoms with Gasteiger partial charge in [-0.3, -0.25) is 9.69 Å². The quantitative estimate of drug-likeness (QED) is 0.851. The molecular weight excluding hydrogens is 254 g/mol. The third-order valence-electron chi connectivity index (χ3n) is 3.93. The van der Waals surface area contributed by atoms with Gasteiger partial charge in [-0.2, -0.15) is 0 Å². The Morgan fingerprint density at radius 2 is 2.10 bits per heavy atom. The van der Waals surface area contributed by atoms with Crippen molar-refractivity contribution in [3.05, 3.63) is 24.3 Å². The van der Waals surface area contributed by atoms with Crippen LogP contribution in [0.1, 0.15) is 13.8 Å². The number of nitrogens with one attached hydrogen (secondary N) is 1. The van der Waals surface area contributed by atoms with Crippen LogP contribution < -0.4 is 15.8 Å². The van der Waals surface area contributed by atoms with Gasteiger partial charge in [-0.1, -0.05) is 26.0 Å². The molecule has 110 valence electrons. The minimum atomic E-state index is -0.148. The fourth-order valence-corrected chi connectivity index (χ4v) is 2.40.